The Morgan fingerprint density at radius 1 is 1.32 bits per heavy atom. The summed E-state index contributed by atoms with van der Waals surface area (Å²) in [6, 6.07) is 5.68. The van der Waals surface area contributed by atoms with Gasteiger partial charge < -0.3 is 19.8 Å². The molecule has 0 spiro atoms. The van der Waals surface area contributed by atoms with E-state index in [9.17, 15) is 0 Å². The predicted octanol–water partition coefficient (Wildman–Crippen LogP) is 2.33. The highest BCUT2D eigenvalue weighted by Crippen LogP contribution is 2.37. The summed E-state index contributed by atoms with van der Waals surface area (Å²) in [5.41, 5.74) is 7.54. The van der Waals surface area contributed by atoms with Crippen molar-refractivity contribution in [3.8, 4) is 22.8 Å². The number of methoxy groups -OCH3 is 2. The van der Waals surface area contributed by atoms with E-state index in [0.29, 0.717) is 6.54 Å². The van der Waals surface area contributed by atoms with E-state index in [4.69, 9.17) is 15.2 Å². The molecule has 1 aromatic carbocycles. The molecule has 6 heteroatoms. The number of nitrogens with zero attached hydrogens (tertiary/aromatic N) is 2. The maximum atomic E-state index is 5.67. The van der Waals surface area contributed by atoms with E-state index in [1.165, 1.54) is 0 Å². The number of aromatic nitrogens is 2. The Morgan fingerprint density at radius 2 is 2.05 bits per heavy atom. The SMILES string of the molecule is COc1ccc(-c2c(Br)nc(CN)n2C)c(OC)c1. The molecule has 0 fully saturated rings. The number of benzene rings is 1. The van der Waals surface area contributed by atoms with E-state index in [-0.39, 0.29) is 0 Å². The highest BCUT2D eigenvalue weighted by molar-refractivity contribution is 9.10. The summed E-state index contributed by atoms with van der Waals surface area (Å²) in [7, 11) is 5.19. The first-order valence-electron chi connectivity index (χ1n) is 5.76. The second-order valence-electron chi connectivity index (χ2n) is 4.00. The van der Waals surface area contributed by atoms with Crippen LogP contribution in [0.25, 0.3) is 11.3 Å². The van der Waals surface area contributed by atoms with Gasteiger partial charge in [-0.1, -0.05) is 0 Å². The quantitative estimate of drug-likeness (QED) is 0.937. The van der Waals surface area contributed by atoms with Crippen molar-refractivity contribution in [1.29, 1.82) is 0 Å². The predicted molar refractivity (Wildman–Crippen MR) is 77.3 cm³/mol. The van der Waals surface area contributed by atoms with Crippen LogP contribution in [0.4, 0.5) is 0 Å². The smallest absolute Gasteiger partial charge is 0.132 e. The Balaban J connectivity index is 2.61. The summed E-state index contributed by atoms with van der Waals surface area (Å²) in [4.78, 5) is 4.39. The minimum absolute atomic E-state index is 0.383. The van der Waals surface area contributed by atoms with Crippen molar-refractivity contribution in [3.05, 3.63) is 28.6 Å². The van der Waals surface area contributed by atoms with Gasteiger partial charge in [-0.05, 0) is 28.1 Å². The van der Waals surface area contributed by atoms with E-state index < -0.39 is 0 Å². The summed E-state index contributed by atoms with van der Waals surface area (Å²) < 4.78 is 13.3. The summed E-state index contributed by atoms with van der Waals surface area (Å²) in [6.45, 7) is 0.383. The Labute approximate surface area is 120 Å². The molecule has 102 valence electrons. The first kappa shape index (κ1) is 13.9. The van der Waals surface area contributed by atoms with Gasteiger partial charge in [-0.3, -0.25) is 0 Å². The third-order valence-electron chi connectivity index (χ3n) is 2.99. The molecular formula is C13H16BrN3O2. The maximum Gasteiger partial charge on any atom is 0.132 e. The van der Waals surface area contributed by atoms with Crippen LogP contribution >= 0.6 is 15.9 Å². The fraction of sp³-hybridized carbons (Fsp3) is 0.308. The molecule has 0 saturated heterocycles. The molecule has 2 rings (SSSR count). The summed E-state index contributed by atoms with van der Waals surface area (Å²) >= 11 is 3.47. The lowest BCUT2D eigenvalue weighted by atomic mass is 10.1. The summed E-state index contributed by atoms with van der Waals surface area (Å²) in [5, 5.41) is 0. The van der Waals surface area contributed by atoms with Crippen molar-refractivity contribution in [2.45, 2.75) is 6.54 Å². The molecule has 0 aliphatic carbocycles. The van der Waals surface area contributed by atoms with Gasteiger partial charge in [0.2, 0.25) is 0 Å². The highest BCUT2D eigenvalue weighted by Gasteiger charge is 2.17. The molecule has 0 amide bonds. The van der Waals surface area contributed by atoms with Crippen LogP contribution in [-0.2, 0) is 13.6 Å². The van der Waals surface area contributed by atoms with Crippen molar-refractivity contribution in [3.63, 3.8) is 0 Å². The van der Waals surface area contributed by atoms with Crippen molar-refractivity contribution in [2.75, 3.05) is 14.2 Å². The average molecular weight is 326 g/mol. The van der Waals surface area contributed by atoms with E-state index in [1.54, 1.807) is 14.2 Å². The fourth-order valence-corrected chi connectivity index (χ4v) is 2.66. The third-order valence-corrected chi connectivity index (χ3v) is 3.54. The van der Waals surface area contributed by atoms with Crippen LogP contribution in [-0.4, -0.2) is 23.8 Å². The Kier molecular flexibility index (Phi) is 4.11. The molecule has 0 aliphatic rings. The largest absolute Gasteiger partial charge is 0.497 e. The van der Waals surface area contributed by atoms with Crippen LogP contribution < -0.4 is 15.2 Å². The van der Waals surface area contributed by atoms with Crippen molar-refractivity contribution >= 4 is 15.9 Å². The molecule has 0 aliphatic heterocycles. The van der Waals surface area contributed by atoms with Gasteiger partial charge >= 0.3 is 0 Å². The number of ether oxygens (including phenoxy) is 2. The zero-order chi connectivity index (χ0) is 14.0. The second-order valence-corrected chi connectivity index (χ2v) is 4.75. The molecule has 0 radical (unpaired) electrons. The topological polar surface area (TPSA) is 62.3 Å². The molecule has 1 aromatic heterocycles. The Morgan fingerprint density at radius 3 is 2.58 bits per heavy atom. The van der Waals surface area contributed by atoms with Gasteiger partial charge in [0, 0.05) is 18.7 Å². The van der Waals surface area contributed by atoms with Crippen LogP contribution in [0, 0.1) is 0 Å². The number of hydrogen-bond donors (Lipinski definition) is 1. The lowest BCUT2D eigenvalue weighted by molar-refractivity contribution is 0.395. The fourth-order valence-electron chi connectivity index (χ4n) is 1.98. The van der Waals surface area contributed by atoms with Crippen LogP contribution in [0.15, 0.2) is 22.8 Å². The normalized spacial score (nSPS) is 10.6. The van der Waals surface area contributed by atoms with Gasteiger partial charge in [0.15, 0.2) is 0 Å². The van der Waals surface area contributed by atoms with E-state index in [2.05, 4.69) is 20.9 Å². The first-order chi connectivity index (χ1) is 9.12. The van der Waals surface area contributed by atoms with Crippen LogP contribution in [0.5, 0.6) is 11.5 Å². The van der Waals surface area contributed by atoms with Crippen molar-refractivity contribution in [1.82, 2.24) is 9.55 Å². The third kappa shape index (κ3) is 2.46. The molecule has 0 unspecified atom stereocenters. The minimum Gasteiger partial charge on any atom is -0.497 e. The van der Waals surface area contributed by atoms with Gasteiger partial charge in [0.05, 0.1) is 26.5 Å². The molecular weight excluding hydrogens is 310 g/mol. The van der Waals surface area contributed by atoms with Gasteiger partial charge in [-0.15, -0.1) is 0 Å². The first-order valence-corrected chi connectivity index (χ1v) is 6.55. The summed E-state index contributed by atoms with van der Waals surface area (Å²) in [5.74, 6) is 2.28. The molecule has 19 heavy (non-hydrogen) atoms. The molecule has 2 aromatic rings. The number of halogens is 1. The number of nitrogens with two attached hydrogens (primary N) is 1. The number of rotatable bonds is 4. The monoisotopic (exact) mass is 325 g/mol. The minimum atomic E-state index is 0.383. The van der Waals surface area contributed by atoms with E-state index >= 15 is 0 Å². The maximum absolute atomic E-state index is 5.67. The molecule has 2 N–H and O–H groups in total. The molecule has 0 bridgehead atoms. The zero-order valence-corrected chi connectivity index (χ0v) is 12.7. The van der Waals surface area contributed by atoms with Crippen LogP contribution in [0.2, 0.25) is 0 Å². The highest BCUT2D eigenvalue weighted by atomic mass is 79.9. The average Bonchev–Trinajstić information content (AvgIpc) is 2.72. The van der Waals surface area contributed by atoms with Crippen LogP contribution in [0.3, 0.4) is 0 Å². The van der Waals surface area contributed by atoms with Gasteiger partial charge in [-0.2, -0.15) is 0 Å². The van der Waals surface area contributed by atoms with Gasteiger partial charge in [0.1, 0.15) is 21.9 Å². The molecule has 1 heterocycles. The molecule has 0 atom stereocenters. The van der Waals surface area contributed by atoms with Crippen molar-refractivity contribution < 1.29 is 9.47 Å². The Hall–Kier alpha value is -1.53. The van der Waals surface area contributed by atoms with Gasteiger partial charge in [-0.25, -0.2) is 4.98 Å². The Bertz CT molecular complexity index is 596. The molecule has 0 saturated carbocycles. The lowest BCUT2D eigenvalue weighted by Gasteiger charge is -2.12. The number of hydrogen-bond acceptors (Lipinski definition) is 4. The van der Waals surface area contributed by atoms with Crippen molar-refractivity contribution in [2.24, 2.45) is 12.8 Å². The van der Waals surface area contributed by atoms with Crippen LogP contribution in [0.1, 0.15) is 5.82 Å². The zero-order valence-electron chi connectivity index (χ0n) is 11.1. The van der Waals surface area contributed by atoms with Gasteiger partial charge in [0.25, 0.3) is 0 Å². The van der Waals surface area contributed by atoms with E-state index in [0.717, 1.165) is 33.2 Å². The summed E-state index contributed by atoms with van der Waals surface area (Å²) in [6.07, 6.45) is 0. The standard InChI is InChI=1S/C13H16BrN3O2/c1-17-11(7-15)16-13(14)12(17)9-5-4-8(18-2)6-10(9)19-3/h4-6H,7,15H2,1-3H3. The lowest BCUT2D eigenvalue weighted by Crippen LogP contribution is -2.05. The second kappa shape index (κ2) is 5.63. The molecule has 5 nitrogen and oxygen atoms in total. The van der Waals surface area contributed by atoms with E-state index in [1.807, 2.05) is 29.8 Å². The number of imidazole rings is 1.